The molecule has 6 rings (SSSR count). The van der Waals surface area contributed by atoms with Crippen LogP contribution in [-0.4, -0.2) is 77.2 Å². The number of rotatable bonds is 8. The van der Waals surface area contributed by atoms with Crippen LogP contribution in [0.25, 0.3) is 5.69 Å². The number of carboxylic acid groups (broad SMARTS) is 2. The molecule has 252 valence electrons. The van der Waals surface area contributed by atoms with Crippen LogP contribution < -0.4 is 9.47 Å². The zero-order chi connectivity index (χ0) is 36.1. The van der Waals surface area contributed by atoms with Crippen LogP contribution in [0.4, 0.5) is 0 Å². The molecule has 0 spiro atoms. The third kappa shape index (κ3) is 7.81. The first-order valence-electron chi connectivity index (χ1n) is 14.2. The van der Waals surface area contributed by atoms with Crippen LogP contribution in [-0.2, 0) is 9.84 Å². The number of aromatic nitrogens is 8. The number of hydrogen-bond acceptors (Lipinski definition) is 12. The number of halogens is 1. The molecule has 0 radical (unpaired) electrons. The van der Waals surface area contributed by atoms with Crippen LogP contribution in [0.3, 0.4) is 0 Å². The summed E-state index contributed by atoms with van der Waals surface area (Å²) in [4.78, 5) is 31.7. The van der Waals surface area contributed by atoms with Gasteiger partial charge in [0.25, 0.3) is 11.8 Å². The molecule has 4 heterocycles. The van der Waals surface area contributed by atoms with Crippen molar-refractivity contribution in [2.45, 2.75) is 4.90 Å². The van der Waals surface area contributed by atoms with Crippen molar-refractivity contribution in [1.82, 2.24) is 40.4 Å². The Kier molecular flexibility index (Phi) is 9.40. The molecule has 18 heteroatoms. The molecular formula is C33H19ClN8O8S. The first kappa shape index (κ1) is 33.8. The first-order valence-corrected chi connectivity index (χ1v) is 16.5. The highest BCUT2D eigenvalue weighted by atomic mass is 35.5. The van der Waals surface area contributed by atoms with Gasteiger partial charge >= 0.3 is 11.9 Å². The summed E-state index contributed by atoms with van der Waals surface area (Å²) in [6, 6.07) is 19.2. The number of H-pyrrole nitrogens is 1. The summed E-state index contributed by atoms with van der Waals surface area (Å²) in [5, 5.41) is 36.4. The van der Waals surface area contributed by atoms with Gasteiger partial charge in [-0.2, -0.15) is 0 Å². The van der Waals surface area contributed by atoms with Gasteiger partial charge in [-0.25, -0.2) is 37.8 Å². The Labute approximate surface area is 292 Å². The molecule has 0 saturated carbocycles. The Balaban J connectivity index is 1.23. The minimum atomic E-state index is -3.82. The van der Waals surface area contributed by atoms with E-state index in [2.05, 4.69) is 59.4 Å². The van der Waals surface area contributed by atoms with Crippen molar-refractivity contribution in [3.05, 3.63) is 118 Å². The third-order valence-electron chi connectivity index (χ3n) is 6.57. The van der Waals surface area contributed by atoms with E-state index in [4.69, 9.17) is 21.1 Å². The molecule has 0 aliphatic rings. The fourth-order valence-corrected chi connectivity index (χ4v) is 5.17. The highest BCUT2D eigenvalue weighted by molar-refractivity contribution is 7.90. The topological polar surface area (TPSA) is 225 Å². The molecule has 0 aliphatic carbocycles. The predicted octanol–water partition coefficient (Wildman–Crippen LogP) is 4.01. The van der Waals surface area contributed by atoms with E-state index in [0.29, 0.717) is 11.1 Å². The number of nitrogens with one attached hydrogen (secondary N) is 1. The maximum absolute atomic E-state index is 12.6. The Morgan fingerprint density at radius 3 is 2.24 bits per heavy atom. The molecule has 0 bridgehead atoms. The molecule has 3 N–H and O–H groups in total. The normalized spacial score (nSPS) is 10.7. The predicted molar refractivity (Wildman–Crippen MR) is 177 cm³/mol. The summed E-state index contributed by atoms with van der Waals surface area (Å²) in [6.45, 7) is 0. The fraction of sp³-hybridized carbons (Fsp3) is 0.0303. The number of carboxylic acids is 2. The molecule has 0 atom stereocenters. The molecule has 0 unspecified atom stereocenters. The minimum absolute atomic E-state index is 0.0148. The zero-order valence-corrected chi connectivity index (χ0v) is 27.3. The minimum Gasteiger partial charge on any atom is -0.476 e. The van der Waals surface area contributed by atoms with Crippen LogP contribution in [0.5, 0.6) is 23.4 Å². The number of ether oxygens (including phenoxy) is 2. The average Bonchev–Trinajstić information content (AvgIpc) is 3.76. The standard InChI is InChI=1S/C33H19ClN8O8S/c1-51(47,48)26-17-22(18-35-25(26)15-10-19-5-3-2-4-6-19)49-31-29(33(45)46)42(41-39-31)21-11-7-20(8-12-21)9-14-24-23(34)13-16-27(36-24)50-30-28(32(43)44)37-40-38-30/h2-8,11-13,16-18H,1H3,(H,43,44)(H,45,46)(H,37,38,40). The van der Waals surface area contributed by atoms with Gasteiger partial charge in [0.2, 0.25) is 17.3 Å². The van der Waals surface area contributed by atoms with Gasteiger partial charge in [-0.1, -0.05) is 62.3 Å². The number of pyridine rings is 2. The molecule has 6 aromatic rings. The van der Waals surface area contributed by atoms with E-state index in [1.807, 2.05) is 6.07 Å². The van der Waals surface area contributed by atoms with Crippen molar-refractivity contribution < 1.29 is 37.7 Å². The number of benzene rings is 2. The van der Waals surface area contributed by atoms with Crippen molar-refractivity contribution in [2.24, 2.45) is 0 Å². The summed E-state index contributed by atoms with van der Waals surface area (Å²) in [6.07, 6.45) is 2.19. The SMILES string of the molecule is CS(=O)(=O)c1cc(Oc2nnn(-c3ccc(C#Cc4nc(Oc5nn[nH]c5C(=O)O)ccc4Cl)cc3)c2C(=O)O)cnc1C#Cc1ccccc1. The van der Waals surface area contributed by atoms with E-state index in [1.54, 1.807) is 36.4 Å². The number of nitrogens with zero attached hydrogens (tertiary/aromatic N) is 7. The van der Waals surface area contributed by atoms with Crippen LogP contribution in [0.2, 0.25) is 5.02 Å². The molecule has 0 fully saturated rings. The maximum atomic E-state index is 12.6. The molecule has 4 aromatic heterocycles. The van der Waals surface area contributed by atoms with Crippen LogP contribution in [0, 0.1) is 23.7 Å². The molecule has 2 aromatic carbocycles. The lowest BCUT2D eigenvalue weighted by molar-refractivity contribution is 0.0674. The lowest BCUT2D eigenvalue weighted by atomic mass is 10.2. The fourth-order valence-electron chi connectivity index (χ4n) is 4.24. The van der Waals surface area contributed by atoms with Crippen LogP contribution in [0.1, 0.15) is 43.5 Å². The summed E-state index contributed by atoms with van der Waals surface area (Å²) in [7, 11) is -3.82. The number of aromatic carboxylic acids is 2. The van der Waals surface area contributed by atoms with Crippen molar-refractivity contribution in [1.29, 1.82) is 0 Å². The Morgan fingerprint density at radius 1 is 0.843 bits per heavy atom. The summed E-state index contributed by atoms with van der Waals surface area (Å²) >= 11 is 6.24. The second kappa shape index (κ2) is 14.2. The van der Waals surface area contributed by atoms with E-state index in [0.717, 1.165) is 10.9 Å². The molecule has 0 amide bonds. The zero-order valence-electron chi connectivity index (χ0n) is 25.8. The van der Waals surface area contributed by atoms with Crippen molar-refractivity contribution in [3.63, 3.8) is 0 Å². The maximum Gasteiger partial charge on any atom is 0.360 e. The molecule has 0 saturated heterocycles. The van der Waals surface area contributed by atoms with Gasteiger partial charge in [-0.3, -0.25) is 0 Å². The van der Waals surface area contributed by atoms with Crippen molar-refractivity contribution in [2.75, 3.05) is 6.26 Å². The van der Waals surface area contributed by atoms with E-state index in [1.165, 1.54) is 36.5 Å². The van der Waals surface area contributed by atoms with Crippen molar-refractivity contribution in [3.8, 4) is 52.8 Å². The van der Waals surface area contributed by atoms with Crippen molar-refractivity contribution >= 4 is 33.4 Å². The highest BCUT2D eigenvalue weighted by Gasteiger charge is 2.24. The number of sulfone groups is 1. The average molecular weight is 723 g/mol. The van der Waals surface area contributed by atoms with Gasteiger partial charge in [-0.15, -0.1) is 0 Å². The van der Waals surface area contributed by atoms with Gasteiger partial charge in [0, 0.05) is 29.5 Å². The second-order valence-corrected chi connectivity index (χ2v) is 12.5. The highest BCUT2D eigenvalue weighted by Crippen LogP contribution is 2.28. The Hall–Kier alpha value is -7.08. The van der Waals surface area contributed by atoms with Gasteiger partial charge in [0.15, 0.2) is 9.84 Å². The van der Waals surface area contributed by atoms with Gasteiger partial charge in [0.05, 0.1) is 16.9 Å². The summed E-state index contributed by atoms with van der Waals surface area (Å²) in [5.74, 6) is 7.69. The monoisotopic (exact) mass is 722 g/mol. The largest absolute Gasteiger partial charge is 0.476 e. The van der Waals surface area contributed by atoms with Crippen LogP contribution in [0.15, 0.2) is 83.9 Å². The van der Waals surface area contributed by atoms with Gasteiger partial charge in [0.1, 0.15) is 22.0 Å². The number of hydrogen-bond donors (Lipinski definition) is 3. The van der Waals surface area contributed by atoms with E-state index >= 15 is 0 Å². The molecular weight excluding hydrogens is 704 g/mol. The third-order valence-corrected chi connectivity index (χ3v) is 7.99. The first-order chi connectivity index (χ1) is 24.5. The summed E-state index contributed by atoms with van der Waals surface area (Å²) < 4.78 is 37.2. The van der Waals surface area contributed by atoms with Gasteiger partial charge < -0.3 is 19.7 Å². The lowest BCUT2D eigenvalue weighted by Gasteiger charge is -2.08. The summed E-state index contributed by atoms with van der Waals surface area (Å²) in [5.41, 5.74) is 0.713. The molecule has 16 nitrogen and oxygen atoms in total. The van der Waals surface area contributed by atoms with Crippen LogP contribution >= 0.6 is 11.6 Å². The number of carbonyl (C=O) groups is 2. The van der Waals surface area contributed by atoms with E-state index in [-0.39, 0.29) is 50.2 Å². The Bertz CT molecular complexity index is 2550. The molecule has 51 heavy (non-hydrogen) atoms. The van der Waals surface area contributed by atoms with Gasteiger partial charge in [-0.05, 0) is 54.3 Å². The van der Waals surface area contributed by atoms with E-state index in [9.17, 15) is 28.2 Å². The number of aromatic amines is 1. The smallest absolute Gasteiger partial charge is 0.360 e. The molecule has 0 aliphatic heterocycles. The quantitative estimate of drug-likeness (QED) is 0.189. The Morgan fingerprint density at radius 2 is 1.55 bits per heavy atom. The lowest BCUT2D eigenvalue weighted by Crippen LogP contribution is -2.09. The second-order valence-electron chi connectivity index (χ2n) is 10.1. The van der Waals surface area contributed by atoms with E-state index < -0.39 is 33.3 Å².